The predicted octanol–water partition coefficient (Wildman–Crippen LogP) is 6.64. The van der Waals surface area contributed by atoms with Crippen molar-refractivity contribution in [2.24, 2.45) is 5.10 Å². The van der Waals surface area contributed by atoms with Crippen LogP contribution in [0.4, 0.5) is 5.69 Å². The highest BCUT2D eigenvalue weighted by atomic mass is 79.9. The number of benzene rings is 4. The Morgan fingerprint density at radius 2 is 1.81 bits per heavy atom. The molecule has 0 unspecified atom stereocenters. The molecule has 2 heterocycles. The van der Waals surface area contributed by atoms with E-state index >= 15 is 0 Å². The summed E-state index contributed by atoms with van der Waals surface area (Å²) >= 11 is 3.35. The summed E-state index contributed by atoms with van der Waals surface area (Å²) in [5.74, 6) is -0.585. The lowest BCUT2D eigenvalue weighted by Crippen LogP contribution is -2.20. The van der Waals surface area contributed by atoms with Crippen LogP contribution in [-0.2, 0) is 6.61 Å². The highest BCUT2D eigenvalue weighted by Crippen LogP contribution is 2.37. The molecular weight excluding hydrogens is 620 g/mol. The highest BCUT2D eigenvalue weighted by molar-refractivity contribution is 9.10. The molecule has 0 fully saturated rings. The lowest BCUT2D eigenvalue weighted by Gasteiger charge is -2.10. The average molecular weight is 639 g/mol. The summed E-state index contributed by atoms with van der Waals surface area (Å²) in [4.78, 5) is 40.6. The summed E-state index contributed by atoms with van der Waals surface area (Å²) in [6, 6.07) is 24.8. The number of carboxylic acid groups (broad SMARTS) is 1. The van der Waals surface area contributed by atoms with Crippen LogP contribution in [0.5, 0.6) is 5.75 Å². The van der Waals surface area contributed by atoms with E-state index in [4.69, 9.17) is 14.3 Å². The minimum Gasteiger partial charge on any atom is -0.481 e. The number of halogens is 1. The van der Waals surface area contributed by atoms with Gasteiger partial charge in [-0.3, -0.25) is 14.9 Å². The molecule has 212 valence electrons. The molecule has 1 N–H and O–H groups in total. The molecule has 11 nitrogen and oxygen atoms in total. The molecule has 0 aliphatic carbocycles. The number of nitro groups is 1. The fraction of sp³-hybridized carbons (Fsp3) is 0.0323. The monoisotopic (exact) mass is 638 g/mol. The number of nitrogens with zero attached hydrogens (tertiary/aromatic N) is 4. The minimum absolute atomic E-state index is 0.0167. The molecule has 0 radical (unpaired) electrons. The Labute approximate surface area is 250 Å². The van der Waals surface area contributed by atoms with Crippen molar-refractivity contribution < 1.29 is 24.0 Å². The normalized spacial score (nSPS) is 11.4. The maximum Gasteiger partial charge on any atom is 0.335 e. The number of nitro benzene ring substituents is 1. The first-order chi connectivity index (χ1) is 20.8. The van der Waals surface area contributed by atoms with E-state index < -0.39 is 16.5 Å². The SMILES string of the molecule is O=C(O)c1ccc(COc2c(Br)cc(C=Nn3c(-c4cc5ccccc5o4)nc4ccccc4c3=O)cc2[N+](=O)[O-])cc1. The van der Waals surface area contributed by atoms with E-state index in [1.165, 1.54) is 24.4 Å². The second-order valence-electron chi connectivity index (χ2n) is 9.36. The van der Waals surface area contributed by atoms with Gasteiger partial charge in [0.1, 0.15) is 12.2 Å². The number of para-hydroxylation sites is 2. The van der Waals surface area contributed by atoms with Gasteiger partial charge in [-0.15, -0.1) is 0 Å². The van der Waals surface area contributed by atoms with Crippen molar-refractivity contribution in [2.45, 2.75) is 6.61 Å². The summed E-state index contributed by atoms with van der Waals surface area (Å²) in [6.07, 6.45) is 1.32. The van der Waals surface area contributed by atoms with Crippen molar-refractivity contribution in [1.29, 1.82) is 0 Å². The van der Waals surface area contributed by atoms with Gasteiger partial charge in [0, 0.05) is 17.0 Å². The van der Waals surface area contributed by atoms with Crippen molar-refractivity contribution in [3.8, 4) is 17.3 Å². The molecule has 0 bridgehead atoms. The molecule has 4 aromatic carbocycles. The van der Waals surface area contributed by atoms with E-state index in [-0.39, 0.29) is 33.9 Å². The summed E-state index contributed by atoms with van der Waals surface area (Å²) in [5, 5.41) is 26.6. The van der Waals surface area contributed by atoms with Crippen LogP contribution < -0.4 is 10.3 Å². The lowest BCUT2D eigenvalue weighted by atomic mass is 10.1. The first kappa shape index (κ1) is 27.5. The third-order valence-corrected chi connectivity index (χ3v) is 7.14. The second kappa shape index (κ2) is 11.3. The van der Waals surface area contributed by atoms with Crippen LogP contribution in [-0.4, -0.2) is 31.9 Å². The van der Waals surface area contributed by atoms with Crippen LogP contribution in [0.2, 0.25) is 0 Å². The Kier molecular flexibility index (Phi) is 7.26. The summed E-state index contributed by atoms with van der Waals surface area (Å²) in [6.45, 7) is -0.0359. The van der Waals surface area contributed by atoms with Crippen molar-refractivity contribution in [3.05, 3.63) is 133 Å². The molecule has 0 spiro atoms. The van der Waals surface area contributed by atoms with Crippen LogP contribution in [0.15, 0.2) is 110 Å². The van der Waals surface area contributed by atoms with Gasteiger partial charge in [0.05, 0.1) is 32.1 Å². The third-order valence-electron chi connectivity index (χ3n) is 6.55. The molecule has 0 atom stereocenters. The van der Waals surface area contributed by atoms with Crippen molar-refractivity contribution in [2.75, 3.05) is 0 Å². The number of rotatable bonds is 8. The smallest absolute Gasteiger partial charge is 0.335 e. The molecule has 0 aliphatic rings. The van der Waals surface area contributed by atoms with Gasteiger partial charge < -0.3 is 14.3 Å². The number of furan rings is 1. The molecule has 6 aromatic rings. The third kappa shape index (κ3) is 5.51. The molecule has 43 heavy (non-hydrogen) atoms. The number of ether oxygens (including phenoxy) is 1. The Morgan fingerprint density at radius 1 is 1.07 bits per heavy atom. The molecule has 2 aromatic heterocycles. The molecule has 0 amide bonds. The summed E-state index contributed by atoms with van der Waals surface area (Å²) in [5.41, 5.74) is 1.35. The summed E-state index contributed by atoms with van der Waals surface area (Å²) < 4.78 is 13.1. The maximum atomic E-state index is 13.5. The first-order valence-electron chi connectivity index (χ1n) is 12.8. The van der Waals surface area contributed by atoms with Gasteiger partial charge in [0.2, 0.25) is 11.6 Å². The Bertz CT molecular complexity index is 2100. The van der Waals surface area contributed by atoms with Crippen LogP contribution in [0.3, 0.4) is 0 Å². The van der Waals surface area contributed by atoms with Crippen molar-refractivity contribution in [1.82, 2.24) is 9.66 Å². The number of hydrogen-bond donors (Lipinski definition) is 1. The number of carbonyl (C=O) groups is 1. The number of aromatic carboxylic acids is 1. The molecule has 0 saturated carbocycles. The molecule has 0 saturated heterocycles. The number of fused-ring (bicyclic) bond motifs is 2. The zero-order chi connectivity index (χ0) is 30.1. The highest BCUT2D eigenvalue weighted by Gasteiger charge is 2.21. The standard InChI is InChI=1S/C31H19BrN4O7/c32-23-13-19(14-25(36(40)41)28(23)42-17-18-9-11-20(12-10-18)31(38)39)16-33-35-29(27-15-21-5-1-4-8-26(21)43-27)34-24-7-3-2-6-22(24)30(35)37/h1-16H,17H2,(H,38,39). The fourth-order valence-electron chi connectivity index (χ4n) is 4.46. The topological polar surface area (TPSA) is 150 Å². The first-order valence-corrected chi connectivity index (χ1v) is 13.6. The Morgan fingerprint density at radius 3 is 2.56 bits per heavy atom. The Balaban J connectivity index is 1.37. The van der Waals surface area contributed by atoms with Gasteiger partial charge in [-0.2, -0.15) is 9.78 Å². The molecule has 12 heteroatoms. The van der Waals surface area contributed by atoms with E-state index in [0.717, 1.165) is 10.1 Å². The van der Waals surface area contributed by atoms with E-state index in [1.807, 2.05) is 18.2 Å². The van der Waals surface area contributed by atoms with E-state index in [9.17, 15) is 19.7 Å². The number of aromatic nitrogens is 2. The minimum atomic E-state index is -1.06. The summed E-state index contributed by atoms with van der Waals surface area (Å²) in [7, 11) is 0. The van der Waals surface area contributed by atoms with Crippen LogP contribution >= 0.6 is 15.9 Å². The molecule has 0 aliphatic heterocycles. The van der Waals surface area contributed by atoms with E-state index in [2.05, 4.69) is 26.0 Å². The molecule has 6 rings (SSSR count). The van der Waals surface area contributed by atoms with E-state index in [1.54, 1.807) is 54.6 Å². The maximum absolute atomic E-state index is 13.5. The zero-order valence-electron chi connectivity index (χ0n) is 22.0. The van der Waals surface area contributed by atoms with Gasteiger partial charge >= 0.3 is 11.7 Å². The van der Waals surface area contributed by atoms with Gasteiger partial charge in [-0.1, -0.05) is 42.5 Å². The van der Waals surface area contributed by atoms with Gasteiger partial charge in [-0.05, 0) is 64.0 Å². The van der Waals surface area contributed by atoms with E-state index in [0.29, 0.717) is 33.4 Å². The average Bonchev–Trinajstić information content (AvgIpc) is 3.44. The Hall–Kier alpha value is -5.62. The zero-order valence-corrected chi connectivity index (χ0v) is 23.6. The lowest BCUT2D eigenvalue weighted by molar-refractivity contribution is -0.386. The quantitative estimate of drug-likeness (QED) is 0.111. The number of hydrogen-bond acceptors (Lipinski definition) is 8. The van der Waals surface area contributed by atoms with Gasteiger partial charge in [-0.25, -0.2) is 9.78 Å². The van der Waals surface area contributed by atoms with Crippen LogP contribution in [0.25, 0.3) is 33.5 Å². The number of carboxylic acids is 1. The van der Waals surface area contributed by atoms with Crippen molar-refractivity contribution >= 4 is 55.7 Å². The fourth-order valence-corrected chi connectivity index (χ4v) is 5.04. The van der Waals surface area contributed by atoms with Crippen LogP contribution in [0.1, 0.15) is 21.5 Å². The van der Waals surface area contributed by atoms with Crippen LogP contribution in [0, 0.1) is 10.1 Å². The predicted molar refractivity (Wildman–Crippen MR) is 163 cm³/mol. The second-order valence-corrected chi connectivity index (χ2v) is 10.2. The molecular formula is C31H19BrN4O7. The van der Waals surface area contributed by atoms with Gasteiger partial charge in [0.25, 0.3) is 5.56 Å². The van der Waals surface area contributed by atoms with Crippen molar-refractivity contribution in [3.63, 3.8) is 0 Å². The largest absolute Gasteiger partial charge is 0.481 e. The van der Waals surface area contributed by atoms with Gasteiger partial charge in [0.15, 0.2) is 5.76 Å².